The summed E-state index contributed by atoms with van der Waals surface area (Å²) in [6, 6.07) is 9.69. The summed E-state index contributed by atoms with van der Waals surface area (Å²) in [5.74, 6) is 0.163. The fraction of sp³-hybridized carbons (Fsp3) is 0.478. The first kappa shape index (κ1) is 21.2. The zero-order valence-electron chi connectivity index (χ0n) is 18.3. The van der Waals surface area contributed by atoms with Crippen molar-refractivity contribution in [1.82, 2.24) is 18.4 Å². The van der Waals surface area contributed by atoms with Crippen molar-refractivity contribution in [2.24, 2.45) is 7.05 Å². The van der Waals surface area contributed by atoms with Crippen molar-refractivity contribution in [3.63, 3.8) is 0 Å². The molecule has 1 amide bonds. The molecule has 0 unspecified atom stereocenters. The molecule has 32 heavy (non-hydrogen) atoms. The predicted molar refractivity (Wildman–Crippen MR) is 123 cm³/mol. The number of rotatable bonds is 5. The van der Waals surface area contributed by atoms with E-state index >= 15 is 0 Å². The smallest absolute Gasteiger partial charge is 0.274 e. The van der Waals surface area contributed by atoms with Crippen LogP contribution in [0.5, 0.6) is 0 Å². The Morgan fingerprint density at radius 2 is 1.78 bits per heavy atom. The third-order valence-electron chi connectivity index (χ3n) is 6.68. The Morgan fingerprint density at radius 1 is 1.06 bits per heavy atom. The van der Waals surface area contributed by atoms with Crippen LogP contribution >= 0.6 is 0 Å². The molecule has 1 aliphatic heterocycles. The Kier molecular flexibility index (Phi) is 5.54. The standard InChI is InChI=1S/C23H29N5O3S/c1-26-16-18(32(30,31)27-13-7-8-14-27)15-21(26)22(29)25-23-24-19-11-5-6-12-20(19)28(23)17-9-3-2-4-10-17/h5-6,11-12,15-17H,2-4,7-10,13-14H2,1H3,(H,24,25,29). The lowest BCUT2D eigenvalue weighted by Crippen LogP contribution is -2.27. The van der Waals surface area contributed by atoms with E-state index in [0.717, 1.165) is 36.7 Å². The van der Waals surface area contributed by atoms with E-state index in [1.807, 2.05) is 24.3 Å². The molecule has 0 atom stereocenters. The van der Waals surface area contributed by atoms with Crippen LogP contribution in [0.25, 0.3) is 11.0 Å². The Labute approximate surface area is 188 Å². The summed E-state index contributed by atoms with van der Waals surface area (Å²) < 4.78 is 31.1. The topological polar surface area (TPSA) is 89.2 Å². The number of carbonyl (C=O) groups excluding carboxylic acids is 1. The van der Waals surface area contributed by atoms with Gasteiger partial charge in [-0.25, -0.2) is 13.4 Å². The van der Waals surface area contributed by atoms with E-state index in [9.17, 15) is 13.2 Å². The number of carbonyl (C=O) groups is 1. The molecule has 0 radical (unpaired) electrons. The maximum absolute atomic E-state index is 13.2. The van der Waals surface area contributed by atoms with Gasteiger partial charge in [-0.05, 0) is 43.9 Å². The highest BCUT2D eigenvalue weighted by atomic mass is 32.2. The van der Waals surface area contributed by atoms with Crippen LogP contribution in [-0.4, -0.2) is 45.8 Å². The highest BCUT2D eigenvalue weighted by molar-refractivity contribution is 7.89. The fourth-order valence-electron chi connectivity index (χ4n) is 4.99. The molecule has 0 bridgehead atoms. The van der Waals surface area contributed by atoms with Gasteiger partial charge in [0.2, 0.25) is 16.0 Å². The summed E-state index contributed by atoms with van der Waals surface area (Å²) in [5, 5.41) is 2.97. The minimum Gasteiger partial charge on any atom is -0.345 e. The summed E-state index contributed by atoms with van der Waals surface area (Å²) in [7, 11) is -1.88. The first-order chi connectivity index (χ1) is 15.4. The first-order valence-corrected chi connectivity index (χ1v) is 12.8. The van der Waals surface area contributed by atoms with Crippen molar-refractivity contribution in [3.05, 3.63) is 42.2 Å². The number of para-hydroxylation sites is 2. The molecule has 1 N–H and O–H groups in total. The van der Waals surface area contributed by atoms with Gasteiger partial charge >= 0.3 is 0 Å². The van der Waals surface area contributed by atoms with Gasteiger partial charge in [-0.1, -0.05) is 31.4 Å². The van der Waals surface area contributed by atoms with Crippen LogP contribution < -0.4 is 5.32 Å². The lowest BCUT2D eigenvalue weighted by molar-refractivity contribution is 0.101. The minimum atomic E-state index is -3.58. The first-order valence-electron chi connectivity index (χ1n) is 11.4. The van der Waals surface area contributed by atoms with Crippen molar-refractivity contribution >= 4 is 32.9 Å². The molecule has 3 heterocycles. The number of nitrogens with one attached hydrogen (secondary N) is 1. The van der Waals surface area contributed by atoms with Crippen molar-refractivity contribution in [2.45, 2.75) is 55.9 Å². The van der Waals surface area contributed by atoms with Crippen LogP contribution in [0.4, 0.5) is 5.95 Å². The highest BCUT2D eigenvalue weighted by Crippen LogP contribution is 2.34. The monoisotopic (exact) mass is 455 g/mol. The summed E-state index contributed by atoms with van der Waals surface area (Å²) in [6.07, 6.45) is 8.96. The number of amides is 1. The van der Waals surface area contributed by atoms with Crippen molar-refractivity contribution < 1.29 is 13.2 Å². The second-order valence-corrected chi connectivity index (χ2v) is 10.8. The summed E-state index contributed by atoms with van der Waals surface area (Å²) in [4.78, 5) is 18.1. The van der Waals surface area contributed by atoms with Crippen LogP contribution in [-0.2, 0) is 17.1 Å². The van der Waals surface area contributed by atoms with Crippen molar-refractivity contribution in [2.75, 3.05) is 18.4 Å². The minimum absolute atomic E-state index is 0.160. The second kappa shape index (κ2) is 8.37. The van der Waals surface area contributed by atoms with Gasteiger partial charge in [0, 0.05) is 32.4 Å². The van der Waals surface area contributed by atoms with Gasteiger partial charge in [0.15, 0.2) is 0 Å². The number of hydrogen-bond donors (Lipinski definition) is 1. The van der Waals surface area contributed by atoms with E-state index in [1.54, 1.807) is 11.6 Å². The molecule has 2 aromatic heterocycles. The molecule has 9 heteroatoms. The predicted octanol–water partition coefficient (Wildman–Crippen LogP) is 3.92. The van der Waals surface area contributed by atoms with Crippen LogP contribution in [0.2, 0.25) is 0 Å². The number of nitrogens with zero attached hydrogens (tertiary/aromatic N) is 4. The van der Waals surface area contributed by atoms with E-state index in [0.29, 0.717) is 30.8 Å². The van der Waals surface area contributed by atoms with Gasteiger partial charge in [-0.15, -0.1) is 0 Å². The number of benzene rings is 1. The normalized spacial score (nSPS) is 18.4. The Balaban J connectivity index is 1.46. The quantitative estimate of drug-likeness (QED) is 0.632. The third kappa shape index (κ3) is 3.73. The Hall–Kier alpha value is -2.65. The number of fused-ring (bicyclic) bond motifs is 1. The number of sulfonamides is 1. The Bertz CT molecular complexity index is 1250. The highest BCUT2D eigenvalue weighted by Gasteiger charge is 2.30. The molecule has 2 aliphatic rings. The molecular weight excluding hydrogens is 426 g/mol. The van der Waals surface area contributed by atoms with Gasteiger partial charge in [0.1, 0.15) is 10.6 Å². The van der Waals surface area contributed by atoms with Gasteiger partial charge in [-0.3, -0.25) is 10.1 Å². The van der Waals surface area contributed by atoms with Gasteiger partial charge in [0.05, 0.1) is 11.0 Å². The second-order valence-electron chi connectivity index (χ2n) is 8.82. The molecule has 3 aromatic rings. The maximum Gasteiger partial charge on any atom is 0.274 e. The van der Waals surface area contributed by atoms with E-state index in [1.165, 1.54) is 35.8 Å². The van der Waals surface area contributed by atoms with Crippen LogP contribution in [0.3, 0.4) is 0 Å². The molecule has 1 saturated heterocycles. The zero-order chi connectivity index (χ0) is 22.3. The van der Waals surface area contributed by atoms with Crippen molar-refractivity contribution in [3.8, 4) is 0 Å². The van der Waals surface area contributed by atoms with Crippen LogP contribution in [0.1, 0.15) is 61.5 Å². The summed E-state index contributed by atoms with van der Waals surface area (Å²) >= 11 is 0. The van der Waals surface area contributed by atoms with Gasteiger partial charge < -0.3 is 9.13 Å². The fourth-order valence-corrected chi connectivity index (χ4v) is 6.57. The molecular formula is C23H29N5O3S. The number of imidazole rings is 1. The lowest BCUT2D eigenvalue weighted by atomic mass is 9.95. The van der Waals surface area contributed by atoms with Crippen molar-refractivity contribution in [1.29, 1.82) is 0 Å². The molecule has 5 rings (SSSR count). The number of anilines is 1. The molecule has 1 aliphatic carbocycles. The summed E-state index contributed by atoms with van der Waals surface area (Å²) in [5.41, 5.74) is 2.15. The molecule has 1 aromatic carbocycles. The number of hydrogen-bond acceptors (Lipinski definition) is 4. The van der Waals surface area contributed by atoms with Gasteiger partial charge in [0.25, 0.3) is 5.91 Å². The average molecular weight is 456 g/mol. The maximum atomic E-state index is 13.2. The molecule has 0 spiro atoms. The van der Waals surface area contributed by atoms with E-state index < -0.39 is 10.0 Å². The largest absolute Gasteiger partial charge is 0.345 e. The average Bonchev–Trinajstić information content (AvgIpc) is 3.53. The Morgan fingerprint density at radius 3 is 2.53 bits per heavy atom. The van der Waals surface area contributed by atoms with Crippen LogP contribution in [0.15, 0.2) is 41.4 Å². The molecule has 8 nitrogen and oxygen atoms in total. The molecule has 2 fully saturated rings. The number of aromatic nitrogens is 3. The molecule has 170 valence electrons. The lowest BCUT2D eigenvalue weighted by Gasteiger charge is -2.25. The molecule has 1 saturated carbocycles. The van der Waals surface area contributed by atoms with Crippen LogP contribution in [0, 0.1) is 0 Å². The third-order valence-corrected chi connectivity index (χ3v) is 8.54. The number of aryl methyl sites for hydroxylation is 1. The zero-order valence-corrected chi connectivity index (χ0v) is 19.1. The van der Waals surface area contributed by atoms with E-state index in [4.69, 9.17) is 4.98 Å². The van der Waals surface area contributed by atoms with E-state index in [2.05, 4.69) is 9.88 Å². The van der Waals surface area contributed by atoms with E-state index in [-0.39, 0.29) is 10.8 Å². The van der Waals surface area contributed by atoms with Gasteiger partial charge in [-0.2, -0.15) is 4.31 Å². The summed E-state index contributed by atoms with van der Waals surface area (Å²) in [6.45, 7) is 1.06. The SMILES string of the molecule is Cn1cc(S(=O)(=O)N2CCCC2)cc1C(=O)Nc1nc2ccccc2n1C1CCCCC1.